The highest BCUT2D eigenvalue weighted by molar-refractivity contribution is 7.10. The van der Waals surface area contributed by atoms with Gasteiger partial charge in [0.25, 0.3) is 0 Å². The number of carbonyl (C=O) groups excluding carboxylic acids is 1. The molecule has 6 heteroatoms. The number of hydrogen-bond acceptors (Lipinski definition) is 3. The quantitative estimate of drug-likeness (QED) is 0.804. The van der Waals surface area contributed by atoms with Gasteiger partial charge in [-0.05, 0) is 42.6 Å². The summed E-state index contributed by atoms with van der Waals surface area (Å²) < 4.78 is 13.2. The van der Waals surface area contributed by atoms with Gasteiger partial charge < -0.3 is 15.1 Å². The Kier molecular flexibility index (Phi) is 6.40. The first-order valence-corrected chi connectivity index (χ1v) is 10.8. The van der Waals surface area contributed by atoms with Crippen LogP contribution in [0, 0.1) is 11.2 Å². The van der Waals surface area contributed by atoms with Crippen molar-refractivity contribution in [2.45, 2.75) is 39.8 Å². The first-order valence-electron chi connectivity index (χ1n) is 9.95. The van der Waals surface area contributed by atoms with Gasteiger partial charge in [0.1, 0.15) is 11.9 Å². The monoisotopic (exact) mass is 404 g/mol. The normalized spacial score (nSPS) is 18.0. The summed E-state index contributed by atoms with van der Waals surface area (Å²) in [5.41, 5.74) is 0.674. The average molecular weight is 405 g/mol. The number of nitrogens with zero attached hydrogens (tertiary/aromatic N) is 1. The van der Waals surface area contributed by atoms with E-state index in [1.54, 1.807) is 11.3 Å². The molecule has 0 bridgehead atoms. The molecule has 2 N–H and O–H groups in total. The summed E-state index contributed by atoms with van der Waals surface area (Å²) in [7, 11) is 0. The average Bonchev–Trinajstić information content (AvgIpc) is 3.16. The van der Waals surface area contributed by atoms with Crippen molar-refractivity contribution in [1.29, 1.82) is 0 Å². The van der Waals surface area contributed by atoms with Gasteiger partial charge in [0.15, 0.2) is 0 Å². The van der Waals surface area contributed by atoms with Gasteiger partial charge in [0, 0.05) is 11.1 Å². The molecule has 1 aromatic carbocycles. The van der Waals surface area contributed by atoms with E-state index in [1.165, 1.54) is 21.9 Å². The lowest BCUT2D eigenvalue weighted by Gasteiger charge is -2.39. The molecule has 2 atom stereocenters. The zero-order valence-corrected chi connectivity index (χ0v) is 18.0. The smallest absolute Gasteiger partial charge is 0.225 e. The molecule has 0 radical (unpaired) electrons. The lowest BCUT2D eigenvalue weighted by Crippen LogP contribution is -3.16. The molecule has 4 nitrogen and oxygen atoms in total. The first kappa shape index (κ1) is 20.8. The summed E-state index contributed by atoms with van der Waals surface area (Å²) in [6, 6.07) is 11.3. The van der Waals surface area contributed by atoms with Crippen molar-refractivity contribution in [3.63, 3.8) is 0 Å². The summed E-state index contributed by atoms with van der Waals surface area (Å²) in [6.07, 6.45) is 0. The Bertz CT molecular complexity index is 762. The minimum Gasteiger partial charge on any atom is -0.360 e. The fourth-order valence-corrected chi connectivity index (χ4v) is 4.78. The van der Waals surface area contributed by atoms with Crippen LogP contribution < -0.4 is 15.1 Å². The molecular weight excluding hydrogens is 373 g/mol. The Hall–Kier alpha value is -1.92. The van der Waals surface area contributed by atoms with Crippen LogP contribution >= 0.6 is 11.3 Å². The number of piperazine rings is 1. The third-order valence-corrected chi connectivity index (χ3v) is 6.38. The number of hydrogen-bond donors (Lipinski definition) is 2. The molecule has 3 rings (SSSR count). The molecule has 0 aliphatic carbocycles. The number of carbonyl (C=O) groups is 1. The van der Waals surface area contributed by atoms with Crippen LogP contribution in [0.4, 0.5) is 10.1 Å². The molecule has 1 fully saturated rings. The zero-order chi connectivity index (χ0) is 20.3. The van der Waals surface area contributed by atoms with E-state index < -0.39 is 5.41 Å². The van der Waals surface area contributed by atoms with Crippen LogP contribution in [0.25, 0.3) is 0 Å². The summed E-state index contributed by atoms with van der Waals surface area (Å²) in [5.74, 6) is -0.111. The number of amides is 1. The van der Waals surface area contributed by atoms with Crippen molar-refractivity contribution in [2.24, 2.45) is 5.41 Å². The molecule has 2 heterocycles. The Morgan fingerprint density at radius 2 is 1.82 bits per heavy atom. The highest BCUT2D eigenvalue weighted by atomic mass is 32.1. The molecule has 152 valence electrons. The minimum atomic E-state index is -0.398. The maximum atomic E-state index is 13.2. The van der Waals surface area contributed by atoms with Crippen LogP contribution in [0.5, 0.6) is 0 Å². The molecule has 0 saturated carbocycles. The van der Waals surface area contributed by atoms with Gasteiger partial charge in [0.05, 0.1) is 37.1 Å². The number of halogens is 1. The highest BCUT2D eigenvalue weighted by Crippen LogP contribution is 2.22. The van der Waals surface area contributed by atoms with Crippen molar-refractivity contribution >= 4 is 22.9 Å². The Balaban J connectivity index is 1.70. The molecule has 1 aromatic heterocycles. The fourth-order valence-electron chi connectivity index (χ4n) is 3.79. The summed E-state index contributed by atoms with van der Waals surface area (Å²) in [5, 5.41) is 5.35. The van der Waals surface area contributed by atoms with Crippen LogP contribution in [-0.4, -0.2) is 38.1 Å². The predicted molar refractivity (Wildman–Crippen MR) is 113 cm³/mol. The van der Waals surface area contributed by atoms with Crippen LogP contribution in [-0.2, 0) is 4.79 Å². The van der Waals surface area contributed by atoms with Gasteiger partial charge in [-0.1, -0.05) is 26.8 Å². The second kappa shape index (κ2) is 8.62. The molecule has 1 aliphatic rings. The third kappa shape index (κ3) is 4.92. The van der Waals surface area contributed by atoms with Crippen molar-refractivity contribution in [1.82, 2.24) is 5.32 Å². The molecule has 0 spiro atoms. The third-order valence-electron chi connectivity index (χ3n) is 5.43. The lowest BCUT2D eigenvalue weighted by molar-refractivity contribution is -0.933. The first-order chi connectivity index (χ1) is 13.3. The van der Waals surface area contributed by atoms with Gasteiger partial charge in [0.2, 0.25) is 5.91 Å². The number of rotatable bonds is 5. The maximum absolute atomic E-state index is 13.2. The molecule has 28 heavy (non-hydrogen) atoms. The second-order valence-corrected chi connectivity index (χ2v) is 9.61. The summed E-state index contributed by atoms with van der Waals surface area (Å²) >= 11 is 1.76. The molecular formula is C22H31FN3OS+. The number of anilines is 1. The molecule has 0 unspecified atom stereocenters. The number of benzene rings is 1. The van der Waals surface area contributed by atoms with E-state index in [0.717, 1.165) is 31.9 Å². The molecule has 1 aliphatic heterocycles. The van der Waals surface area contributed by atoms with Gasteiger partial charge in [-0.15, -0.1) is 11.3 Å². The number of thiophene rings is 1. The van der Waals surface area contributed by atoms with Gasteiger partial charge >= 0.3 is 0 Å². The largest absolute Gasteiger partial charge is 0.360 e. The summed E-state index contributed by atoms with van der Waals surface area (Å²) in [4.78, 5) is 17.7. The summed E-state index contributed by atoms with van der Waals surface area (Å²) in [6.45, 7) is 11.8. The van der Waals surface area contributed by atoms with E-state index in [0.29, 0.717) is 0 Å². The maximum Gasteiger partial charge on any atom is 0.225 e. The van der Waals surface area contributed by atoms with Crippen LogP contribution in [0.1, 0.15) is 38.6 Å². The fraction of sp³-hybridized carbons (Fsp3) is 0.500. The van der Waals surface area contributed by atoms with Crippen molar-refractivity contribution < 1.29 is 14.1 Å². The number of nitrogens with one attached hydrogen (secondary N) is 2. The van der Waals surface area contributed by atoms with Crippen molar-refractivity contribution in [3.8, 4) is 0 Å². The Labute approximate surface area is 171 Å². The van der Waals surface area contributed by atoms with Crippen LogP contribution in [0.2, 0.25) is 0 Å². The van der Waals surface area contributed by atoms with Crippen LogP contribution in [0.3, 0.4) is 0 Å². The van der Waals surface area contributed by atoms with E-state index >= 15 is 0 Å². The van der Waals surface area contributed by atoms with E-state index in [4.69, 9.17) is 0 Å². The van der Waals surface area contributed by atoms with Gasteiger partial charge in [-0.3, -0.25) is 4.79 Å². The molecule has 1 amide bonds. The standard InChI is InChI=1S/C22H30FN3OS/c1-16(24-21(27)22(2,3)4)20(19-6-5-15-28-19)26-13-11-25(12-14-26)18-9-7-17(23)8-10-18/h5-10,15-16,20H,11-14H2,1-4H3,(H,24,27)/p+1/t16-,20+/m0/s1. The zero-order valence-electron chi connectivity index (χ0n) is 17.2. The van der Waals surface area contributed by atoms with Gasteiger partial charge in [-0.25, -0.2) is 4.39 Å². The van der Waals surface area contributed by atoms with E-state index in [9.17, 15) is 9.18 Å². The van der Waals surface area contributed by atoms with Crippen molar-refractivity contribution in [3.05, 3.63) is 52.5 Å². The van der Waals surface area contributed by atoms with Crippen LogP contribution in [0.15, 0.2) is 41.8 Å². The Morgan fingerprint density at radius 1 is 1.18 bits per heavy atom. The highest BCUT2D eigenvalue weighted by Gasteiger charge is 2.35. The topological polar surface area (TPSA) is 36.8 Å². The lowest BCUT2D eigenvalue weighted by atomic mass is 9.94. The Morgan fingerprint density at radius 3 is 2.36 bits per heavy atom. The van der Waals surface area contributed by atoms with E-state index in [2.05, 4.69) is 34.7 Å². The van der Waals surface area contributed by atoms with E-state index in [-0.39, 0.29) is 23.8 Å². The van der Waals surface area contributed by atoms with E-state index in [1.807, 2.05) is 32.9 Å². The van der Waals surface area contributed by atoms with Crippen molar-refractivity contribution in [2.75, 3.05) is 31.1 Å². The second-order valence-electron chi connectivity index (χ2n) is 8.63. The minimum absolute atomic E-state index is 0.0535. The number of quaternary nitrogens is 1. The SMILES string of the molecule is C[C@H](NC(=O)C(C)(C)C)[C@H](c1cccs1)[NH+]1CCN(c2ccc(F)cc2)CC1. The van der Waals surface area contributed by atoms with Gasteiger partial charge in [-0.2, -0.15) is 0 Å². The molecule has 2 aromatic rings. The predicted octanol–water partition coefficient (Wildman–Crippen LogP) is 2.88. The molecule has 1 saturated heterocycles.